The summed E-state index contributed by atoms with van der Waals surface area (Å²) in [6, 6.07) is 12.6. The number of pyridine rings is 1. The monoisotopic (exact) mass is 418 g/mol. The summed E-state index contributed by atoms with van der Waals surface area (Å²) < 4.78 is 38.7. The van der Waals surface area contributed by atoms with Gasteiger partial charge in [-0.1, -0.05) is 43.0 Å². The van der Waals surface area contributed by atoms with Crippen molar-refractivity contribution in [1.82, 2.24) is 4.98 Å². The summed E-state index contributed by atoms with van der Waals surface area (Å²) in [5.74, 6) is -0.346. The highest BCUT2D eigenvalue weighted by atomic mass is 32.2. The van der Waals surface area contributed by atoms with E-state index in [4.69, 9.17) is 4.98 Å². The van der Waals surface area contributed by atoms with E-state index in [1.54, 1.807) is 0 Å². The van der Waals surface area contributed by atoms with Crippen molar-refractivity contribution in [2.24, 2.45) is 0 Å². The molecule has 0 fully saturated rings. The molecule has 29 heavy (non-hydrogen) atoms. The molecule has 3 nitrogen and oxygen atoms in total. The predicted octanol–water partition coefficient (Wildman–Crippen LogP) is 6.38. The number of benzene rings is 2. The molecule has 152 valence electrons. The number of carbonyl (C=O) groups excluding carboxylic acids is 1. The molecular formula is C22H21F3N2OS. The fourth-order valence-electron chi connectivity index (χ4n) is 3.06. The number of carbonyl (C=O) groups is 1. The summed E-state index contributed by atoms with van der Waals surface area (Å²) in [6.07, 6.45) is -3.94. The Hall–Kier alpha value is -2.54. The molecular weight excluding hydrogens is 397 g/mol. The van der Waals surface area contributed by atoms with Crippen molar-refractivity contribution in [3.63, 3.8) is 0 Å². The van der Waals surface area contributed by atoms with Gasteiger partial charge in [-0.2, -0.15) is 13.2 Å². The van der Waals surface area contributed by atoms with Crippen molar-refractivity contribution in [3.05, 3.63) is 65.2 Å². The van der Waals surface area contributed by atoms with E-state index >= 15 is 0 Å². The molecule has 1 N–H and O–H groups in total. The van der Waals surface area contributed by atoms with Crippen LogP contribution in [0.5, 0.6) is 0 Å². The van der Waals surface area contributed by atoms with E-state index in [2.05, 4.69) is 5.32 Å². The van der Waals surface area contributed by atoms with Crippen molar-refractivity contribution in [1.29, 1.82) is 0 Å². The largest absolute Gasteiger partial charge is 0.416 e. The van der Waals surface area contributed by atoms with Crippen molar-refractivity contribution >= 4 is 34.3 Å². The standard InChI is InChI=1S/C22H21F3N2OS/c1-4-18(21(28)26-16-9-6-8-15(12-16)22(23,24)25)29-19-11-14(3)17-10-5-7-13(2)20(17)27-19/h5-12,18H,4H2,1-3H3,(H,26,28). The van der Waals surface area contributed by atoms with Gasteiger partial charge in [0.25, 0.3) is 0 Å². The topological polar surface area (TPSA) is 42.0 Å². The molecule has 7 heteroatoms. The molecule has 1 aromatic heterocycles. The van der Waals surface area contributed by atoms with Crippen molar-refractivity contribution in [2.75, 3.05) is 5.32 Å². The lowest BCUT2D eigenvalue weighted by Crippen LogP contribution is -2.25. The van der Waals surface area contributed by atoms with Crippen LogP contribution in [0.25, 0.3) is 10.9 Å². The van der Waals surface area contributed by atoms with Crippen LogP contribution in [0, 0.1) is 13.8 Å². The lowest BCUT2D eigenvalue weighted by molar-refractivity contribution is -0.137. The van der Waals surface area contributed by atoms with Gasteiger partial charge >= 0.3 is 6.18 Å². The molecule has 0 aliphatic rings. The molecule has 0 aliphatic carbocycles. The van der Waals surface area contributed by atoms with Gasteiger partial charge in [0.15, 0.2) is 0 Å². The zero-order chi connectivity index (χ0) is 21.2. The number of fused-ring (bicyclic) bond motifs is 1. The number of alkyl halides is 3. The fourth-order valence-corrected chi connectivity index (χ4v) is 4.07. The first-order valence-electron chi connectivity index (χ1n) is 9.20. The van der Waals surface area contributed by atoms with E-state index < -0.39 is 17.0 Å². The molecule has 1 heterocycles. The van der Waals surface area contributed by atoms with Crippen LogP contribution in [-0.2, 0) is 11.0 Å². The van der Waals surface area contributed by atoms with E-state index in [-0.39, 0.29) is 11.6 Å². The average Bonchev–Trinajstić information content (AvgIpc) is 2.66. The molecule has 0 radical (unpaired) electrons. The lowest BCUT2D eigenvalue weighted by Gasteiger charge is -2.16. The number of anilines is 1. The first-order chi connectivity index (χ1) is 13.7. The minimum Gasteiger partial charge on any atom is -0.325 e. The summed E-state index contributed by atoms with van der Waals surface area (Å²) >= 11 is 1.32. The molecule has 0 spiro atoms. The zero-order valence-electron chi connectivity index (χ0n) is 16.3. The van der Waals surface area contributed by atoms with E-state index in [1.807, 2.05) is 45.0 Å². The minimum atomic E-state index is -4.45. The van der Waals surface area contributed by atoms with Crippen LogP contribution in [-0.4, -0.2) is 16.1 Å². The van der Waals surface area contributed by atoms with Gasteiger partial charge in [0.1, 0.15) is 0 Å². The Morgan fingerprint density at radius 1 is 1.10 bits per heavy atom. The molecule has 0 bridgehead atoms. The number of para-hydroxylation sites is 1. The Bertz CT molecular complexity index is 1050. The quantitative estimate of drug-likeness (QED) is 0.489. The normalized spacial score (nSPS) is 12.8. The molecule has 0 aliphatic heterocycles. The maximum atomic E-state index is 12.9. The van der Waals surface area contributed by atoms with Gasteiger partial charge in [-0.05, 0) is 55.7 Å². The minimum absolute atomic E-state index is 0.127. The number of rotatable bonds is 5. The molecule has 2 aromatic carbocycles. The maximum absolute atomic E-state index is 12.9. The highest BCUT2D eigenvalue weighted by Gasteiger charge is 2.30. The number of aryl methyl sites for hydroxylation is 2. The van der Waals surface area contributed by atoms with Crippen LogP contribution < -0.4 is 5.32 Å². The Morgan fingerprint density at radius 2 is 1.83 bits per heavy atom. The summed E-state index contributed by atoms with van der Waals surface area (Å²) in [4.78, 5) is 17.4. The van der Waals surface area contributed by atoms with Crippen molar-refractivity contribution < 1.29 is 18.0 Å². The highest BCUT2D eigenvalue weighted by molar-refractivity contribution is 8.00. The molecule has 3 rings (SSSR count). The number of halogens is 3. The number of hydrogen-bond acceptors (Lipinski definition) is 3. The summed E-state index contributed by atoms with van der Waals surface area (Å²) in [5, 5.41) is 3.91. The van der Waals surface area contributed by atoms with Crippen LogP contribution in [0.1, 0.15) is 30.0 Å². The number of nitrogens with zero attached hydrogens (tertiary/aromatic N) is 1. The predicted molar refractivity (Wildman–Crippen MR) is 111 cm³/mol. The molecule has 3 aromatic rings. The van der Waals surface area contributed by atoms with Crippen LogP contribution in [0.3, 0.4) is 0 Å². The van der Waals surface area contributed by atoms with Crippen LogP contribution in [0.4, 0.5) is 18.9 Å². The van der Waals surface area contributed by atoms with Crippen LogP contribution in [0.15, 0.2) is 53.6 Å². The Kier molecular flexibility index (Phi) is 6.17. The Balaban J connectivity index is 1.81. The summed E-state index contributed by atoms with van der Waals surface area (Å²) in [7, 11) is 0. The third-order valence-corrected chi connectivity index (χ3v) is 5.89. The number of nitrogens with one attached hydrogen (secondary N) is 1. The second-order valence-electron chi connectivity index (χ2n) is 6.83. The third-order valence-electron chi connectivity index (χ3n) is 4.61. The van der Waals surface area contributed by atoms with E-state index in [1.165, 1.54) is 23.9 Å². The lowest BCUT2D eigenvalue weighted by atomic mass is 10.1. The zero-order valence-corrected chi connectivity index (χ0v) is 17.1. The number of hydrogen-bond donors (Lipinski definition) is 1. The highest BCUT2D eigenvalue weighted by Crippen LogP contribution is 2.32. The molecule has 1 amide bonds. The van der Waals surface area contributed by atoms with Gasteiger partial charge in [-0.15, -0.1) is 0 Å². The average molecular weight is 418 g/mol. The Morgan fingerprint density at radius 3 is 2.52 bits per heavy atom. The third kappa shape index (κ3) is 4.90. The van der Waals surface area contributed by atoms with Gasteiger partial charge in [0, 0.05) is 11.1 Å². The van der Waals surface area contributed by atoms with Gasteiger partial charge in [0.2, 0.25) is 5.91 Å². The van der Waals surface area contributed by atoms with Gasteiger partial charge < -0.3 is 5.32 Å². The SMILES string of the molecule is CCC(Sc1cc(C)c2cccc(C)c2n1)C(=O)Nc1cccc(C(F)(F)F)c1. The van der Waals surface area contributed by atoms with Gasteiger partial charge in [-0.25, -0.2) is 4.98 Å². The number of thioether (sulfide) groups is 1. The maximum Gasteiger partial charge on any atom is 0.416 e. The van der Waals surface area contributed by atoms with E-state index in [9.17, 15) is 18.0 Å². The first kappa shape index (κ1) is 21.2. The summed E-state index contributed by atoms with van der Waals surface area (Å²) in [6.45, 7) is 5.85. The first-order valence-corrected chi connectivity index (χ1v) is 10.1. The molecule has 0 saturated carbocycles. The van der Waals surface area contributed by atoms with Gasteiger partial charge in [0.05, 0.1) is 21.4 Å². The second-order valence-corrected chi connectivity index (χ2v) is 8.05. The van der Waals surface area contributed by atoms with Crippen LogP contribution >= 0.6 is 11.8 Å². The molecule has 0 saturated heterocycles. The van der Waals surface area contributed by atoms with Crippen molar-refractivity contribution in [3.8, 4) is 0 Å². The molecule has 1 atom stereocenters. The van der Waals surface area contributed by atoms with E-state index in [0.29, 0.717) is 6.42 Å². The number of aromatic nitrogens is 1. The Labute approximate surface area is 171 Å². The fraction of sp³-hybridized carbons (Fsp3) is 0.273. The second kappa shape index (κ2) is 8.45. The summed E-state index contributed by atoms with van der Waals surface area (Å²) in [5.41, 5.74) is 2.34. The van der Waals surface area contributed by atoms with E-state index in [0.717, 1.165) is 39.2 Å². The smallest absolute Gasteiger partial charge is 0.325 e. The van der Waals surface area contributed by atoms with Crippen LogP contribution in [0.2, 0.25) is 0 Å². The van der Waals surface area contributed by atoms with Crippen molar-refractivity contribution in [2.45, 2.75) is 43.6 Å². The molecule has 1 unspecified atom stereocenters. The number of amides is 1. The van der Waals surface area contributed by atoms with Gasteiger partial charge in [-0.3, -0.25) is 4.79 Å².